The summed E-state index contributed by atoms with van der Waals surface area (Å²) in [4.78, 5) is 30.3. The number of carbonyl (C=O) groups excluding carboxylic acids is 2. The van der Waals surface area contributed by atoms with E-state index in [9.17, 15) is 14.7 Å². The zero-order valence-electron chi connectivity index (χ0n) is 21.1. The zero-order valence-corrected chi connectivity index (χ0v) is 21.1. The Labute approximate surface area is 207 Å². The van der Waals surface area contributed by atoms with E-state index in [-0.39, 0.29) is 11.3 Å². The monoisotopic (exact) mass is 480 g/mol. The lowest BCUT2D eigenvalue weighted by Crippen LogP contribution is -2.33. The first-order valence-electron chi connectivity index (χ1n) is 12.3. The van der Waals surface area contributed by atoms with Crippen LogP contribution in [0.4, 0.5) is 0 Å². The molecule has 1 atom stereocenters. The molecule has 0 aromatic heterocycles. The molecule has 0 saturated carbocycles. The molecule has 3 rings (SSSR count). The van der Waals surface area contributed by atoms with Crippen LogP contribution in [0, 0.1) is 0 Å². The summed E-state index contributed by atoms with van der Waals surface area (Å²) >= 11 is 0. The number of benzene rings is 2. The summed E-state index contributed by atoms with van der Waals surface area (Å²) in [6.45, 7) is 9.83. The number of likely N-dealkylation sites (tertiary alicyclic amines) is 1. The smallest absolute Gasteiger partial charge is 0.295 e. The molecule has 7 heteroatoms. The van der Waals surface area contributed by atoms with Crippen molar-refractivity contribution in [2.24, 2.45) is 0 Å². The quantitative estimate of drug-likeness (QED) is 0.271. The Kier molecular flexibility index (Phi) is 9.32. The SMILES string of the molecule is CCCOc1cccc(/C(O)=C2\C(=O)C(=O)N(CCCN(CC)CC)C2c2cccc(OC)c2)c1. The minimum atomic E-state index is -0.706. The molecule has 1 aliphatic heterocycles. The molecule has 7 nitrogen and oxygen atoms in total. The van der Waals surface area contributed by atoms with Gasteiger partial charge in [-0.25, -0.2) is 0 Å². The molecule has 0 radical (unpaired) electrons. The molecule has 0 aliphatic carbocycles. The highest BCUT2D eigenvalue weighted by atomic mass is 16.5. The van der Waals surface area contributed by atoms with Crippen LogP contribution in [-0.4, -0.2) is 66.5 Å². The number of ether oxygens (including phenoxy) is 2. The van der Waals surface area contributed by atoms with Crippen LogP contribution < -0.4 is 9.47 Å². The number of nitrogens with zero attached hydrogens (tertiary/aromatic N) is 2. The summed E-state index contributed by atoms with van der Waals surface area (Å²) in [5.74, 6) is -0.270. The Morgan fingerprint density at radius 3 is 2.43 bits per heavy atom. The third-order valence-corrected chi connectivity index (χ3v) is 6.30. The normalized spacial score (nSPS) is 17.3. The molecule has 1 aliphatic rings. The summed E-state index contributed by atoms with van der Waals surface area (Å²) in [6, 6.07) is 13.6. The van der Waals surface area contributed by atoms with Crippen molar-refractivity contribution in [2.75, 3.05) is 39.9 Å². The van der Waals surface area contributed by atoms with Crippen LogP contribution in [0.1, 0.15) is 50.8 Å². The number of aliphatic hydroxyl groups excluding tert-OH is 1. The van der Waals surface area contributed by atoms with E-state index in [2.05, 4.69) is 18.7 Å². The summed E-state index contributed by atoms with van der Waals surface area (Å²) in [5, 5.41) is 11.3. The molecular formula is C28H36N2O5. The van der Waals surface area contributed by atoms with Gasteiger partial charge in [-0.15, -0.1) is 0 Å². The van der Waals surface area contributed by atoms with Gasteiger partial charge in [0.15, 0.2) is 0 Å². The van der Waals surface area contributed by atoms with Gasteiger partial charge < -0.3 is 24.4 Å². The number of hydrogen-bond donors (Lipinski definition) is 1. The number of amides is 1. The lowest BCUT2D eigenvalue weighted by atomic mass is 9.95. The van der Waals surface area contributed by atoms with Gasteiger partial charge in [0.05, 0.1) is 25.3 Å². The molecule has 0 spiro atoms. The summed E-state index contributed by atoms with van der Waals surface area (Å²) < 4.78 is 11.1. The maximum atomic E-state index is 13.3. The van der Waals surface area contributed by atoms with Crippen LogP contribution in [0.3, 0.4) is 0 Å². The zero-order chi connectivity index (χ0) is 25.4. The molecule has 1 N–H and O–H groups in total. The van der Waals surface area contributed by atoms with E-state index in [1.807, 2.05) is 31.2 Å². The second-order valence-electron chi connectivity index (χ2n) is 8.53. The molecule has 2 aromatic rings. The van der Waals surface area contributed by atoms with Gasteiger partial charge in [0.25, 0.3) is 11.7 Å². The molecule has 1 heterocycles. The molecule has 1 amide bonds. The second kappa shape index (κ2) is 12.4. The molecule has 35 heavy (non-hydrogen) atoms. The van der Waals surface area contributed by atoms with Crippen molar-refractivity contribution >= 4 is 17.4 Å². The Hall–Kier alpha value is -3.32. The Morgan fingerprint density at radius 1 is 1.03 bits per heavy atom. The topological polar surface area (TPSA) is 79.3 Å². The highest BCUT2D eigenvalue weighted by Crippen LogP contribution is 2.40. The fourth-order valence-corrected chi connectivity index (χ4v) is 4.38. The maximum absolute atomic E-state index is 13.3. The molecule has 188 valence electrons. The number of ketones is 1. The summed E-state index contributed by atoms with van der Waals surface area (Å²) in [6.07, 6.45) is 1.57. The molecule has 0 bridgehead atoms. The fraction of sp³-hybridized carbons (Fsp3) is 0.429. The first-order valence-corrected chi connectivity index (χ1v) is 12.3. The van der Waals surface area contributed by atoms with Crippen molar-refractivity contribution in [1.82, 2.24) is 9.80 Å². The number of methoxy groups -OCH3 is 1. The Bertz CT molecular complexity index is 1060. The highest BCUT2D eigenvalue weighted by Gasteiger charge is 2.46. The number of aliphatic hydroxyl groups is 1. The van der Waals surface area contributed by atoms with Gasteiger partial charge in [0, 0.05) is 12.1 Å². The maximum Gasteiger partial charge on any atom is 0.295 e. The van der Waals surface area contributed by atoms with E-state index in [4.69, 9.17) is 9.47 Å². The summed E-state index contributed by atoms with van der Waals surface area (Å²) in [7, 11) is 1.57. The van der Waals surface area contributed by atoms with Gasteiger partial charge in [-0.3, -0.25) is 9.59 Å². The Balaban J connectivity index is 2.04. The predicted octanol–water partition coefficient (Wildman–Crippen LogP) is 4.64. The van der Waals surface area contributed by atoms with Crippen LogP contribution in [0.5, 0.6) is 11.5 Å². The van der Waals surface area contributed by atoms with Crippen molar-refractivity contribution in [2.45, 2.75) is 39.7 Å². The highest BCUT2D eigenvalue weighted by molar-refractivity contribution is 6.46. The van der Waals surface area contributed by atoms with Crippen LogP contribution in [-0.2, 0) is 9.59 Å². The minimum Gasteiger partial charge on any atom is -0.507 e. The first kappa shape index (κ1) is 26.3. The average Bonchev–Trinajstić information content (AvgIpc) is 3.14. The molecule has 1 unspecified atom stereocenters. The molecule has 1 fully saturated rings. The standard InChI is InChI=1S/C28H36N2O5/c1-5-17-35-23-14-9-12-21(19-23)26(31)24-25(20-11-8-13-22(18-20)34-4)30(28(33)27(24)32)16-10-15-29(6-2)7-3/h8-9,11-14,18-19,25,31H,5-7,10,15-17H2,1-4H3/b26-24+. The van der Waals surface area contributed by atoms with Crippen LogP contribution >= 0.6 is 0 Å². The first-order chi connectivity index (χ1) is 16.9. The number of rotatable bonds is 12. The fourth-order valence-electron chi connectivity index (χ4n) is 4.38. The van der Waals surface area contributed by atoms with E-state index in [0.717, 1.165) is 32.5 Å². The number of hydrogen-bond acceptors (Lipinski definition) is 6. The average molecular weight is 481 g/mol. The van der Waals surface area contributed by atoms with E-state index < -0.39 is 17.7 Å². The van der Waals surface area contributed by atoms with Gasteiger partial charge in [0.1, 0.15) is 17.3 Å². The molecule has 2 aromatic carbocycles. The van der Waals surface area contributed by atoms with Crippen molar-refractivity contribution in [3.05, 3.63) is 65.2 Å². The van der Waals surface area contributed by atoms with Gasteiger partial charge in [-0.05, 0) is 62.3 Å². The Morgan fingerprint density at radius 2 is 1.74 bits per heavy atom. The lowest BCUT2D eigenvalue weighted by Gasteiger charge is -2.27. The van der Waals surface area contributed by atoms with Crippen molar-refractivity contribution in [3.63, 3.8) is 0 Å². The van der Waals surface area contributed by atoms with E-state index >= 15 is 0 Å². The minimum absolute atomic E-state index is 0.0822. The van der Waals surface area contributed by atoms with Gasteiger partial charge >= 0.3 is 0 Å². The van der Waals surface area contributed by atoms with Crippen LogP contribution in [0.25, 0.3) is 5.76 Å². The van der Waals surface area contributed by atoms with Crippen LogP contribution in [0.15, 0.2) is 54.1 Å². The van der Waals surface area contributed by atoms with Crippen LogP contribution in [0.2, 0.25) is 0 Å². The van der Waals surface area contributed by atoms with E-state index in [0.29, 0.717) is 35.8 Å². The van der Waals surface area contributed by atoms with Crippen molar-refractivity contribution in [1.29, 1.82) is 0 Å². The third kappa shape index (κ3) is 6.03. The van der Waals surface area contributed by atoms with E-state index in [1.165, 1.54) is 0 Å². The summed E-state index contributed by atoms with van der Waals surface area (Å²) in [5.41, 5.74) is 1.23. The number of carbonyl (C=O) groups is 2. The van der Waals surface area contributed by atoms with Crippen molar-refractivity contribution < 1.29 is 24.2 Å². The van der Waals surface area contributed by atoms with E-state index in [1.54, 1.807) is 36.3 Å². The lowest BCUT2D eigenvalue weighted by molar-refractivity contribution is -0.140. The molecule has 1 saturated heterocycles. The van der Waals surface area contributed by atoms with Gasteiger partial charge in [-0.2, -0.15) is 0 Å². The van der Waals surface area contributed by atoms with Gasteiger partial charge in [-0.1, -0.05) is 45.0 Å². The third-order valence-electron chi connectivity index (χ3n) is 6.30. The number of Topliss-reactive ketones (excluding diaryl/α,β-unsaturated/α-hetero) is 1. The second-order valence-corrected chi connectivity index (χ2v) is 8.53. The van der Waals surface area contributed by atoms with Gasteiger partial charge in [0.2, 0.25) is 0 Å². The molecular weight excluding hydrogens is 444 g/mol. The predicted molar refractivity (Wildman–Crippen MR) is 137 cm³/mol. The largest absolute Gasteiger partial charge is 0.507 e. The van der Waals surface area contributed by atoms with Crippen molar-refractivity contribution in [3.8, 4) is 11.5 Å².